The van der Waals surface area contributed by atoms with Gasteiger partial charge in [0.25, 0.3) is 5.91 Å². The predicted molar refractivity (Wildman–Crippen MR) is 108 cm³/mol. The first-order valence-electron chi connectivity index (χ1n) is 9.67. The molecule has 0 radical (unpaired) electrons. The fraction of sp³-hybridized carbons (Fsp3) is 0.318. The van der Waals surface area contributed by atoms with Crippen LogP contribution in [0.25, 0.3) is 10.9 Å². The van der Waals surface area contributed by atoms with E-state index in [0.29, 0.717) is 17.4 Å². The molecule has 2 heterocycles. The number of carbonyl (C=O) groups is 1. The summed E-state index contributed by atoms with van der Waals surface area (Å²) < 4.78 is 0. The van der Waals surface area contributed by atoms with E-state index in [1.165, 1.54) is 25.7 Å². The van der Waals surface area contributed by atoms with Crippen molar-refractivity contribution >= 4 is 28.3 Å². The summed E-state index contributed by atoms with van der Waals surface area (Å²) in [6, 6.07) is 13.9. The van der Waals surface area contributed by atoms with E-state index < -0.39 is 0 Å². The molecule has 0 bridgehead atoms. The Balaban J connectivity index is 1.44. The molecule has 138 valence electrons. The van der Waals surface area contributed by atoms with Crippen molar-refractivity contribution in [1.82, 2.24) is 15.3 Å². The van der Waals surface area contributed by atoms with Crippen LogP contribution in [-0.4, -0.2) is 21.9 Å². The van der Waals surface area contributed by atoms with Crippen molar-refractivity contribution in [3.63, 3.8) is 0 Å². The standard InChI is InChI=1S/C22H24N4O/c27-22(25-18-9-3-1-2-4-10-18)17-12-13-20(24-15-17)26-19-11-5-7-16-8-6-14-23-21(16)19/h5-8,11-15,18H,1-4,9-10H2,(H,24,26)(H,25,27). The minimum atomic E-state index is -0.0345. The summed E-state index contributed by atoms with van der Waals surface area (Å²) in [5, 5.41) is 7.53. The number of carbonyl (C=O) groups excluding carboxylic acids is 1. The van der Waals surface area contributed by atoms with Crippen molar-refractivity contribution in [1.29, 1.82) is 0 Å². The van der Waals surface area contributed by atoms with Crippen LogP contribution in [-0.2, 0) is 0 Å². The highest BCUT2D eigenvalue weighted by Gasteiger charge is 2.16. The highest BCUT2D eigenvalue weighted by atomic mass is 16.1. The number of aromatic nitrogens is 2. The largest absolute Gasteiger partial charge is 0.349 e. The third-order valence-corrected chi connectivity index (χ3v) is 5.11. The zero-order valence-electron chi connectivity index (χ0n) is 15.3. The summed E-state index contributed by atoms with van der Waals surface area (Å²) in [5.41, 5.74) is 2.40. The van der Waals surface area contributed by atoms with Crippen LogP contribution < -0.4 is 10.6 Å². The molecular weight excluding hydrogens is 336 g/mol. The molecule has 2 N–H and O–H groups in total. The maximum Gasteiger partial charge on any atom is 0.253 e. The molecular formula is C22H24N4O. The van der Waals surface area contributed by atoms with Gasteiger partial charge < -0.3 is 10.6 Å². The van der Waals surface area contributed by atoms with Gasteiger partial charge in [-0.1, -0.05) is 43.9 Å². The first-order chi connectivity index (χ1) is 13.3. The van der Waals surface area contributed by atoms with E-state index in [9.17, 15) is 4.79 Å². The summed E-state index contributed by atoms with van der Waals surface area (Å²) >= 11 is 0. The van der Waals surface area contributed by atoms with Gasteiger partial charge in [-0.05, 0) is 37.1 Å². The molecule has 1 aromatic carbocycles. The van der Waals surface area contributed by atoms with Gasteiger partial charge in [0.1, 0.15) is 5.82 Å². The number of anilines is 2. The smallest absolute Gasteiger partial charge is 0.253 e. The van der Waals surface area contributed by atoms with Crippen LogP contribution in [0.15, 0.2) is 54.9 Å². The van der Waals surface area contributed by atoms with Gasteiger partial charge in [0.2, 0.25) is 0 Å². The topological polar surface area (TPSA) is 66.9 Å². The fourth-order valence-corrected chi connectivity index (χ4v) is 3.64. The molecule has 0 aliphatic heterocycles. The second-order valence-corrected chi connectivity index (χ2v) is 7.10. The van der Waals surface area contributed by atoms with Crippen molar-refractivity contribution < 1.29 is 4.79 Å². The van der Waals surface area contributed by atoms with Crippen molar-refractivity contribution in [3.05, 3.63) is 60.4 Å². The van der Waals surface area contributed by atoms with Gasteiger partial charge in [-0.3, -0.25) is 9.78 Å². The van der Waals surface area contributed by atoms with Crippen LogP contribution in [0.1, 0.15) is 48.9 Å². The van der Waals surface area contributed by atoms with Crippen molar-refractivity contribution in [2.45, 2.75) is 44.6 Å². The van der Waals surface area contributed by atoms with Gasteiger partial charge in [0.15, 0.2) is 0 Å². The van der Waals surface area contributed by atoms with Gasteiger partial charge >= 0.3 is 0 Å². The molecule has 5 heteroatoms. The van der Waals surface area contributed by atoms with Crippen LogP contribution in [0.3, 0.4) is 0 Å². The zero-order chi connectivity index (χ0) is 18.5. The summed E-state index contributed by atoms with van der Waals surface area (Å²) in [4.78, 5) is 21.3. The van der Waals surface area contributed by atoms with E-state index in [2.05, 4.69) is 20.6 Å². The quantitative estimate of drug-likeness (QED) is 0.654. The molecule has 0 atom stereocenters. The predicted octanol–water partition coefficient (Wildman–Crippen LogP) is 4.83. The van der Waals surface area contributed by atoms with Crippen LogP contribution in [0, 0.1) is 0 Å². The normalized spacial score (nSPS) is 15.3. The molecule has 1 saturated carbocycles. The lowest BCUT2D eigenvalue weighted by Gasteiger charge is -2.16. The minimum absolute atomic E-state index is 0.0345. The Labute approximate surface area is 159 Å². The highest BCUT2D eigenvalue weighted by molar-refractivity contribution is 5.95. The summed E-state index contributed by atoms with van der Waals surface area (Å²) in [6.07, 6.45) is 10.5. The van der Waals surface area contributed by atoms with Gasteiger partial charge in [-0.15, -0.1) is 0 Å². The molecule has 2 aromatic heterocycles. The van der Waals surface area contributed by atoms with Gasteiger partial charge in [-0.2, -0.15) is 0 Å². The molecule has 1 fully saturated rings. The zero-order valence-corrected chi connectivity index (χ0v) is 15.3. The van der Waals surface area contributed by atoms with E-state index in [1.54, 1.807) is 12.4 Å². The lowest BCUT2D eigenvalue weighted by atomic mass is 10.1. The Morgan fingerprint density at radius 3 is 2.52 bits per heavy atom. The average Bonchev–Trinajstić information content (AvgIpc) is 2.97. The van der Waals surface area contributed by atoms with Crippen molar-refractivity contribution in [2.75, 3.05) is 5.32 Å². The number of nitrogens with one attached hydrogen (secondary N) is 2. The van der Waals surface area contributed by atoms with E-state index in [0.717, 1.165) is 29.4 Å². The summed E-state index contributed by atoms with van der Waals surface area (Å²) in [5.74, 6) is 0.659. The van der Waals surface area contributed by atoms with Crippen molar-refractivity contribution in [2.24, 2.45) is 0 Å². The molecule has 1 aliphatic rings. The number of para-hydroxylation sites is 1. The second-order valence-electron chi connectivity index (χ2n) is 7.10. The van der Waals surface area contributed by atoms with Gasteiger partial charge in [0.05, 0.1) is 16.8 Å². The van der Waals surface area contributed by atoms with Gasteiger partial charge in [-0.25, -0.2) is 4.98 Å². The molecule has 5 nitrogen and oxygen atoms in total. The van der Waals surface area contributed by atoms with E-state index in [1.807, 2.05) is 42.5 Å². The van der Waals surface area contributed by atoms with E-state index >= 15 is 0 Å². The molecule has 4 rings (SSSR count). The first kappa shape index (κ1) is 17.5. The van der Waals surface area contributed by atoms with Crippen molar-refractivity contribution in [3.8, 4) is 0 Å². The lowest BCUT2D eigenvalue weighted by Crippen LogP contribution is -2.34. The molecule has 1 amide bonds. The number of hydrogen-bond donors (Lipinski definition) is 2. The maximum absolute atomic E-state index is 12.5. The number of pyridine rings is 2. The Morgan fingerprint density at radius 2 is 1.74 bits per heavy atom. The number of benzene rings is 1. The second kappa shape index (κ2) is 8.16. The Hall–Kier alpha value is -2.95. The number of rotatable bonds is 4. The number of fused-ring (bicyclic) bond motifs is 1. The molecule has 1 aliphatic carbocycles. The molecule has 0 unspecified atom stereocenters. The lowest BCUT2D eigenvalue weighted by molar-refractivity contribution is 0.0933. The molecule has 27 heavy (non-hydrogen) atoms. The number of amides is 1. The summed E-state index contributed by atoms with van der Waals surface area (Å²) in [6.45, 7) is 0. The fourth-order valence-electron chi connectivity index (χ4n) is 3.64. The van der Waals surface area contributed by atoms with E-state index in [-0.39, 0.29) is 5.91 Å². The minimum Gasteiger partial charge on any atom is -0.349 e. The van der Waals surface area contributed by atoms with E-state index in [4.69, 9.17) is 0 Å². The SMILES string of the molecule is O=C(NC1CCCCCC1)c1ccc(Nc2cccc3cccnc23)nc1. The third kappa shape index (κ3) is 4.25. The number of hydrogen-bond acceptors (Lipinski definition) is 4. The third-order valence-electron chi connectivity index (χ3n) is 5.11. The van der Waals surface area contributed by atoms with Crippen LogP contribution in [0.2, 0.25) is 0 Å². The monoisotopic (exact) mass is 360 g/mol. The Bertz CT molecular complexity index is 910. The summed E-state index contributed by atoms with van der Waals surface area (Å²) in [7, 11) is 0. The maximum atomic E-state index is 12.5. The molecule has 0 saturated heterocycles. The van der Waals surface area contributed by atoms with Crippen LogP contribution in [0.5, 0.6) is 0 Å². The van der Waals surface area contributed by atoms with Crippen LogP contribution >= 0.6 is 0 Å². The Kier molecular flexibility index (Phi) is 5.28. The molecule has 0 spiro atoms. The molecule has 3 aromatic rings. The van der Waals surface area contributed by atoms with Gasteiger partial charge in [0, 0.05) is 23.8 Å². The highest BCUT2D eigenvalue weighted by Crippen LogP contribution is 2.24. The first-order valence-corrected chi connectivity index (χ1v) is 9.67. The van der Waals surface area contributed by atoms with Crippen LogP contribution in [0.4, 0.5) is 11.5 Å². The number of nitrogens with zero attached hydrogens (tertiary/aromatic N) is 2. The Morgan fingerprint density at radius 1 is 0.926 bits per heavy atom. The average molecular weight is 360 g/mol.